The van der Waals surface area contributed by atoms with Gasteiger partial charge in [0.2, 0.25) is 0 Å². The third-order valence-electron chi connectivity index (χ3n) is 4.08. The Morgan fingerprint density at radius 2 is 1.78 bits per heavy atom. The predicted octanol–water partition coefficient (Wildman–Crippen LogP) is 2.74. The van der Waals surface area contributed by atoms with E-state index < -0.39 is 23.8 Å². The predicted molar refractivity (Wildman–Crippen MR) is 80.8 cm³/mol. The van der Waals surface area contributed by atoms with E-state index in [0.717, 1.165) is 0 Å². The Labute approximate surface area is 132 Å². The number of aliphatic hydroxyl groups is 1. The maximum Gasteiger partial charge on any atom is 0.412 e. The number of rotatable bonds is 3. The number of halogens is 3. The van der Waals surface area contributed by atoms with E-state index in [0.29, 0.717) is 11.3 Å². The molecule has 0 radical (unpaired) electrons. The standard InChI is InChI=1S/C16H19F3N2O2/c1-11(16(17,18)19)10-15(23)6-8-21(9-7-15)14(22)12-2-4-13(20)5-3-12/h2-5,23H,1,6-10,20H2. The highest BCUT2D eigenvalue weighted by atomic mass is 19.4. The second-order valence-corrected chi connectivity index (χ2v) is 5.92. The van der Waals surface area contributed by atoms with Crippen molar-refractivity contribution in [2.75, 3.05) is 18.8 Å². The van der Waals surface area contributed by atoms with Crippen molar-refractivity contribution >= 4 is 11.6 Å². The minimum absolute atomic E-state index is 0.0861. The van der Waals surface area contributed by atoms with Crippen LogP contribution in [0.1, 0.15) is 29.6 Å². The Balaban J connectivity index is 1.96. The van der Waals surface area contributed by atoms with Crippen molar-refractivity contribution in [3.8, 4) is 0 Å². The van der Waals surface area contributed by atoms with Gasteiger partial charge in [-0.25, -0.2) is 0 Å². The number of amides is 1. The van der Waals surface area contributed by atoms with Gasteiger partial charge in [-0.3, -0.25) is 4.79 Å². The molecule has 0 atom stereocenters. The summed E-state index contributed by atoms with van der Waals surface area (Å²) in [6, 6.07) is 6.43. The average molecular weight is 328 g/mol. The fraction of sp³-hybridized carbons (Fsp3) is 0.438. The van der Waals surface area contributed by atoms with Crippen molar-refractivity contribution in [2.24, 2.45) is 0 Å². The maximum absolute atomic E-state index is 12.5. The van der Waals surface area contributed by atoms with Crippen LogP contribution in [0.4, 0.5) is 18.9 Å². The van der Waals surface area contributed by atoms with Gasteiger partial charge in [0.05, 0.1) is 5.60 Å². The van der Waals surface area contributed by atoms with Crippen molar-refractivity contribution < 1.29 is 23.1 Å². The Morgan fingerprint density at radius 1 is 1.26 bits per heavy atom. The summed E-state index contributed by atoms with van der Waals surface area (Å²) < 4.78 is 37.6. The molecule has 23 heavy (non-hydrogen) atoms. The number of carbonyl (C=O) groups is 1. The smallest absolute Gasteiger partial charge is 0.399 e. The lowest BCUT2D eigenvalue weighted by atomic mass is 9.85. The second kappa shape index (κ2) is 6.23. The molecule has 1 fully saturated rings. The minimum Gasteiger partial charge on any atom is -0.399 e. The molecule has 1 amide bonds. The Bertz CT molecular complexity index is 588. The van der Waals surface area contributed by atoms with Crippen LogP contribution in [-0.4, -0.2) is 40.8 Å². The summed E-state index contributed by atoms with van der Waals surface area (Å²) in [7, 11) is 0. The number of piperidine rings is 1. The molecule has 1 aliphatic heterocycles. The normalized spacial score (nSPS) is 17.8. The highest BCUT2D eigenvalue weighted by Crippen LogP contribution is 2.35. The van der Waals surface area contributed by atoms with Gasteiger partial charge in [0.1, 0.15) is 0 Å². The van der Waals surface area contributed by atoms with E-state index in [2.05, 4.69) is 6.58 Å². The monoisotopic (exact) mass is 328 g/mol. The molecule has 0 saturated carbocycles. The van der Waals surface area contributed by atoms with Crippen molar-refractivity contribution in [3.05, 3.63) is 42.0 Å². The van der Waals surface area contributed by atoms with E-state index in [4.69, 9.17) is 5.73 Å². The van der Waals surface area contributed by atoms with E-state index in [1.165, 1.54) is 4.90 Å². The largest absolute Gasteiger partial charge is 0.412 e. The molecule has 0 bridgehead atoms. The van der Waals surface area contributed by atoms with Crippen LogP contribution in [-0.2, 0) is 0 Å². The van der Waals surface area contributed by atoms with Crippen LogP contribution in [0.15, 0.2) is 36.4 Å². The lowest BCUT2D eigenvalue weighted by molar-refractivity contribution is -0.106. The van der Waals surface area contributed by atoms with E-state index in [1.54, 1.807) is 24.3 Å². The highest BCUT2D eigenvalue weighted by molar-refractivity contribution is 5.94. The summed E-state index contributed by atoms with van der Waals surface area (Å²) in [5.41, 5.74) is 4.15. The molecule has 7 heteroatoms. The highest BCUT2D eigenvalue weighted by Gasteiger charge is 2.40. The maximum atomic E-state index is 12.5. The minimum atomic E-state index is -4.51. The number of benzene rings is 1. The van der Waals surface area contributed by atoms with Gasteiger partial charge in [-0.2, -0.15) is 13.2 Å². The molecule has 126 valence electrons. The summed E-state index contributed by atoms with van der Waals surface area (Å²) in [6.07, 6.45) is -4.86. The van der Waals surface area contributed by atoms with Gasteiger partial charge in [-0.15, -0.1) is 0 Å². The lowest BCUT2D eigenvalue weighted by Crippen LogP contribution is -2.47. The van der Waals surface area contributed by atoms with E-state index in [9.17, 15) is 23.1 Å². The molecule has 0 unspecified atom stereocenters. The van der Waals surface area contributed by atoms with Crippen molar-refractivity contribution in [1.82, 2.24) is 4.90 Å². The number of carbonyl (C=O) groups excluding carboxylic acids is 1. The van der Waals surface area contributed by atoms with Gasteiger partial charge in [-0.05, 0) is 37.1 Å². The third kappa shape index (κ3) is 4.25. The number of likely N-dealkylation sites (tertiary alicyclic amines) is 1. The fourth-order valence-corrected chi connectivity index (χ4v) is 2.61. The molecular formula is C16H19F3N2O2. The van der Waals surface area contributed by atoms with Crippen molar-refractivity contribution in [1.29, 1.82) is 0 Å². The first kappa shape index (κ1) is 17.3. The molecule has 1 heterocycles. The molecule has 0 aliphatic carbocycles. The average Bonchev–Trinajstić information content (AvgIpc) is 2.47. The molecule has 2 rings (SSSR count). The van der Waals surface area contributed by atoms with Crippen LogP contribution in [0, 0.1) is 0 Å². The zero-order chi connectivity index (χ0) is 17.3. The van der Waals surface area contributed by atoms with Crippen LogP contribution in [0.5, 0.6) is 0 Å². The number of hydrogen-bond acceptors (Lipinski definition) is 3. The van der Waals surface area contributed by atoms with Crippen molar-refractivity contribution in [3.63, 3.8) is 0 Å². The fourth-order valence-electron chi connectivity index (χ4n) is 2.61. The van der Waals surface area contributed by atoms with Crippen LogP contribution in [0.25, 0.3) is 0 Å². The van der Waals surface area contributed by atoms with Gasteiger partial charge in [0, 0.05) is 36.3 Å². The van der Waals surface area contributed by atoms with E-state index in [-0.39, 0.29) is 31.8 Å². The van der Waals surface area contributed by atoms with Crippen LogP contribution < -0.4 is 5.73 Å². The zero-order valence-electron chi connectivity index (χ0n) is 12.6. The summed E-state index contributed by atoms with van der Waals surface area (Å²) in [6.45, 7) is 3.40. The summed E-state index contributed by atoms with van der Waals surface area (Å²) in [4.78, 5) is 13.8. The van der Waals surface area contributed by atoms with Crippen LogP contribution in [0.2, 0.25) is 0 Å². The van der Waals surface area contributed by atoms with Gasteiger partial charge in [0.15, 0.2) is 0 Å². The van der Waals surface area contributed by atoms with Crippen LogP contribution in [0.3, 0.4) is 0 Å². The first-order valence-electron chi connectivity index (χ1n) is 7.23. The number of nitrogens with zero attached hydrogens (tertiary/aromatic N) is 1. The third-order valence-corrected chi connectivity index (χ3v) is 4.08. The Kier molecular flexibility index (Phi) is 4.70. The number of nitrogens with two attached hydrogens (primary N) is 1. The van der Waals surface area contributed by atoms with Gasteiger partial charge in [-0.1, -0.05) is 6.58 Å². The summed E-state index contributed by atoms with van der Waals surface area (Å²) >= 11 is 0. The SMILES string of the molecule is C=C(CC1(O)CCN(C(=O)c2ccc(N)cc2)CC1)C(F)(F)F. The molecule has 0 spiro atoms. The number of anilines is 1. The summed E-state index contributed by atoms with van der Waals surface area (Å²) in [5.74, 6) is -0.221. The van der Waals surface area contributed by atoms with E-state index >= 15 is 0 Å². The zero-order valence-corrected chi connectivity index (χ0v) is 12.6. The first-order chi connectivity index (χ1) is 10.6. The van der Waals surface area contributed by atoms with E-state index in [1.807, 2.05) is 0 Å². The molecule has 3 N–H and O–H groups in total. The molecule has 1 aromatic rings. The first-order valence-corrected chi connectivity index (χ1v) is 7.23. The quantitative estimate of drug-likeness (QED) is 0.662. The number of hydrogen-bond donors (Lipinski definition) is 2. The van der Waals surface area contributed by atoms with Gasteiger partial charge >= 0.3 is 6.18 Å². The van der Waals surface area contributed by atoms with Crippen molar-refractivity contribution in [2.45, 2.75) is 31.0 Å². The molecule has 1 aromatic carbocycles. The molecule has 1 saturated heterocycles. The lowest BCUT2D eigenvalue weighted by Gasteiger charge is -2.38. The second-order valence-electron chi connectivity index (χ2n) is 5.92. The van der Waals surface area contributed by atoms with Gasteiger partial charge < -0.3 is 15.7 Å². The molecule has 0 aromatic heterocycles. The molecule has 1 aliphatic rings. The number of nitrogen functional groups attached to an aromatic ring is 1. The molecule has 4 nitrogen and oxygen atoms in total. The number of alkyl halides is 3. The Hall–Kier alpha value is -2.02. The summed E-state index contributed by atoms with van der Waals surface area (Å²) in [5, 5.41) is 10.3. The van der Waals surface area contributed by atoms with Gasteiger partial charge in [0.25, 0.3) is 5.91 Å². The topological polar surface area (TPSA) is 66.6 Å². The molecular weight excluding hydrogens is 309 g/mol. The Morgan fingerprint density at radius 3 is 2.26 bits per heavy atom. The van der Waals surface area contributed by atoms with Crippen LogP contribution >= 0.6 is 0 Å².